The SMILES string of the molecule is COc1cc2c(c3c1-c1ccccc1OC3c1cc(Cl)cc(Cl)c1)C(C)CC(C)(C)N2. The number of rotatable bonds is 2. The summed E-state index contributed by atoms with van der Waals surface area (Å²) >= 11 is 12.8. The van der Waals surface area contributed by atoms with E-state index in [1.807, 2.05) is 30.3 Å². The maximum absolute atomic E-state index is 6.62. The molecule has 0 aromatic heterocycles. The fourth-order valence-electron chi connectivity index (χ4n) is 5.25. The molecule has 31 heavy (non-hydrogen) atoms. The monoisotopic (exact) mass is 453 g/mol. The number of nitrogens with one attached hydrogen (secondary N) is 1. The van der Waals surface area contributed by atoms with Crippen LogP contribution in [-0.2, 0) is 0 Å². The Balaban J connectivity index is 1.86. The Labute approximate surface area is 193 Å². The van der Waals surface area contributed by atoms with Gasteiger partial charge in [-0.3, -0.25) is 0 Å². The summed E-state index contributed by atoms with van der Waals surface area (Å²) in [6, 6.07) is 15.9. The summed E-state index contributed by atoms with van der Waals surface area (Å²) < 4.78 is 12.5. The third-order valence-electron chi connectivity index (χ3n) is 6.22. The molecule has 0 spiro atoms. The molecule has 2 aliphatic rings. The average molecular weight is 454 g/mol. The number of fused-ring (bicyclic) bond motifs is 5. The van der Waals surface area contributed by atoms with Gasteiger partial charge in [-0.2, -0.15) is 0 Å². The number of hydrogen-bond donors (Lipinski definition) is 1. The van der Waals surface area contributed by atoms with Crippen LogP contribution in [0.2, 0.25) is 10.0 Å². The van der Waals surface area contributed by atoms with Crippen molar-refractivity contribution in [3.8, 4) is 22.6 Å². The second-order valence-electron chi connectivity index (χ2n) is 9.14. The average Bonchev–Trinajstić information content (AvgIpc) is 2.70. The van der Waals surface area contributed by atoms with Gasteiger partial charge in [0, 0.05) is 44.0 Å². The van der Waals surface area contributed by atoms with Crippen LogP contribution in [0.5, 0.6) is 11.5 Å². The Bertz CT molecular complexity index is 1170. The van der Waals surface area contributed by atoms with Gasteiger partial charge in [-0.05, 0) is 61.6 Å². The van der Waals surface area contributed by atoms with Gasteiger partial charge in [0.1, 0.15) is 11.5 Å². The van der Waals surface area contributed by atoms with E-state index in [9.17, 15) is 0 Å². The standard InChI is InChI=1S/C26H25Cl2NO2/c1-14-13-26(2,3)29-19-12-21(30-4)23-18-7-5-6-8-20(18)31-25(24(23)22(14)19)15-9-16(27)11-17(28)10-15/h5-12,14,25,29H,13H2,1-4H3. The number of methoxy groups -OCH3 is 1. The fraction of sp³-hybridized carbons (Fsp3) is 0.308. The maximum atomic E-state index is 6.62. The van der Waals surface area contributed by atoms with E-state index in [0.717, 1.165) is 45.9 Å². The Hall–Kier alpha value is -2.36. The zero-order chi connectivity index (χ0) is 21.9. The number of anilines is 1. The van der Waals surface area contributed by atoms with E-state index in [-0.39, 0.29) is 11.6 Å². The van der Waals surface area contributed by atoms with E-state index in [2.05, 4.69) is 38.2 Å². The lowest BCUT2D eigenvalue weighted by atomic mass is 9.75. The molecule has 2 aliphatic heterocycles. The normalized spacial score (nSPS) is 20.6. The molecule has 0 fully saturated rings. The topological polar surface area (TPSA) is 30.5 Å². The van der Waals surface area contributed by atoms with Gasteiger partial charge in [-0.25, -0.2) is 0 Å². The van der Waals surface area contributed by atoms with Crippen molar-refractivity contribution in [2.45, 2.75) is 44.8 Å². The molecule has 0 radical (unpaired) electrons. The predicted octanol–water partition coefficient (Wildman–Crippen LogP) is 7.85. The summed E-state index contributed by atoms with van der Waals surface area (Å²) in [4.78, 5) is 0. The van der Waals surface area contributed by atoms with Crippen LogP contribution in [0, 0.1) is 0 Å². The summed E-state index contributed by atoms with van der Waals surface area (Å²) in [5.74, 6) is 2.00. The first-order valence-corrected chi connectivity index (χ1v) is 11.3. The molecule has 3 aromatic carbocycles. The molecule has 0 saturated heterocycles. The molecular formula is C26H25Cl2NO2. The third kappa shape index (κ3) is 3.44. The molecule has 3 aromatic rings. The molecule has 160 valence electrons. The molecule has 1 N–H and O–H groups in total. The predicted molar refractivity (Wildman–Crippen MR) is 128 cm³/mol. The molecule has 2 atom stereocenters. The first kappa shape index (κ1) is 20.5. The number of halogens is 2. The van der Waals surface area contributed by atoms with Crippen LogP contribution in [0.15, 0.2) is 48.5 Å². The van der Waals surface area contributed by atoms with Crippen LogP contribution in [0.4, 0.5) is 5.69 Å². The maximum Gasteiger partial charge on any atom is 0.150 e. The van der Waals surface area contributed by atoms with E-state index < -0.39 is 0 Å². The van der Waals surface area contributed by atoms with Gasteiger partial charge in [0.25, 0.3) is 0 Å². The lowest BCUT2D eigenvalue weighted by molar-refractivity contribution is 0.240. The molecular weight excluding hydrogens is 429 g/mol. The highest BCUT2D eigenvalue weighted by Gasteiger charge is 2.39. The van der Waals surface area contributed by atoms with Crippen molar-refractivity contribution in [3.63, 3.8) is 0 Å². The van der Waals surface area contributed by atoms with Crippen molar-refractivity contribution in [1.82, 2.24) is 0 Å². The Morgan fingerprint density at radius 1 is 1.03 bits per heavy atom. The third-order valence-corrected chi connectivity index (χ3v) is 6.66. The molecule has 0 saturated carbocycles. The number of benzene rings is 3. The minimum absolute atomic E-state index is 0.00600. The summed E-state index contributed by atoms with van der Waals surface area (Å²) in [6.45, 7) is 6.76. The van der Waals surface area contributed by atoms with Gasteiger partial charge in [0.05, 0.1) is 7.11 Å². The van der Waals surface area contributed by atoms with Crippen LogP contribution in [0.25, 0.3) is 11.1 Å². The number of hydrogen-bond acceptors (Lipinski definition) is 3. The Kier molecular flexibility index (Phi) is 4.87. The van der Waals surface area contributed by atoms with Gasteiger partial charge in [-0.1, -0.05) is 48.3 Å². The number of para-hydroxylation sites is 1. The molecule has 2 heterocycles. The van der Waals surface area contributed by atoms with E-state index in [0.29, 0.717) is 16.0 Å². The van der Waals surface area contributed by atoms with Gasteiger partial charge < -0.3 is 14.8 Å². The lowest BCUT2D eigenvalue weighted by Gasteiger charge is -2.42. The van der Waals surface area contributed by atoms with E-state index in [4.69, 9.17) is 32.7 Å². The van der Waals surface area contributed by atoms with Gasteiger partial charge in [-0.15, -0.1) is 0 Å². The second kappa shape index (κ2) is 7.36. The van der Waals surface area contributed by atoms with Crippen molar-refractivity contribution in [2.75, 3.05) is 12.4 Å². The van der Waals surface area contributed by atoms with Crippen LogP contribution in [0.1, 0.15) is 55.9 Å². The zero-order valence-electron chi connectivity index (χ0n) is 18.1. The summed E-state index contributed by atoms with van der Waals surface area (Å²) in [5, 5.41) is 4.91. The van der Waals surface area contributed by atoms with E-state index in [1.165, 1.54) is 5.56 Å². The molecule has 0 bridgehead atoms. The van der Waals surface area contributed by atoms with Crippen LogP contribution in [0.3, 0.4) is 0 Å². The highest BCUT2D eigenvalue weighted by atomic mass is 35.5. The molecule has 3 nitrogen and oxygen atoms in total. The Morgan fingerprint density at radius 2 is 1.74 bits per heavy atom. The molecule has 5 heteroatoms. The van der Waals surface area contributed by atoms with Gasteiger partial charge in [0.15, 0.2) is 6.10 Å². The van der Waals surface area contributed by atoms with Crippen molar-refractivity contribution in [2.24, 2.45) is 0 Å². The summed E-state index contributed by atoms with van der Waals surface area (Å²) in [5.41, 5.74) is 6.54. The Morgan fingerprint density at radius 3 is 2.45 bits per heavy atom. The zero-order valence-corrected chi connectivity index (χ0v) is 19.6. The van der Waals surface area contributed by atoms with Crippen LogP contribution >= 0.6 is 23.2 Å². The quantitative estimate of drug-likeness (QED) is 0.428. The second-order valence-corrected chi connectivity index (χ2v) is 10.0. The smallest absolute Gasteiger partial charge is 0.150 e. The molecule has 5 rings (SSSR count). The van der Waals surface area contributed by atoms with E-state index in [1.54, 1.807) is 13.2 Å². The summed E-state index contributed by atoms with van der Waals surface area (Å²) in [6.07, 6.45) is 0.680. The van der Waals surface area contributed by atoms with Crippen LogP contribution < -0.4 is 14.8 Å². The summed E-state index contributed by atoms with van der Waals surface area (Å²) in [7, 11) is 1.72. The largest absolute Gasteiger partial charge is 0.496 e. The van der Waals surface area contributed by atoms with Crippen molar-refractivity contribution in [1.29, 1.82) is 0 Å². The first-order valence-electron chi connectivity index (χ1n) is 10.5. The van der Waals surface area contributed by atoms with Crippen LogP contribution in [-0.4, -0.2) is 12.6 Å². The molecule has 0 aliphatic carbocycles. The minimum atomic E-state index is -0.338. The minimum Gasteiger partial charge on any atom is -0.496 e. The van der Waals surface area contributed by atoms with E-state index >= 15 is 0 Å². The van der Waals surface area contributed by atoms with Gasteiger partial charge in [0.2, 0.25) is 0 Å². The highest BCUT2D eigenvalue weighted by molar-refractivity contribution is 6.34. The number of ether oxygens (including phenoxy) is 2. The lowest BCUT2D eigenvalue weighted by Crippen LogP contribution is -2.37. The van der Waals surface area contributed by atoms with Gasteiger partial charge >= 0.3 is 0 Å². The van der Waals surface area contributed by atoms with Crippen molar-refractivity contribution < 1.29 is 9.47 Å². The molecule has 0 amide bonds. The van der Waals surface area contributed by atoms with Crippen molar-refractivity contribution >= 4 is 28.9 Å². The molecule has 2 unspecified atom stereocenters. The highest BCUT2D eigenvalue weighted by Crippen LogP contribution is 2.55. The first-order chi connectivity index (χ1) is 14.8. The fourth-order valence-corrected chi connectivity index (χ4v) is 5.79. The van der Waals surface area contributed by atoms with Crippen molar-refractivity contribution in [3.05, 3.63) is 75.3 Å².